The Kier molecular flexibility index (Phi) is 1.71. The smallest absolute Gasteiger partial charge is 0.152 e. The summed E-state index contributed by atoms with van der Waals surface area (Å²) in [5.41, 5.74) is 0. The molecule has 0 spiro atoms. The van der Waals surface area contributed by atoms with E-state index in [0.29, 0.717) is 30.8 Å². The minimum Gasteiger partial charge on any atom is -0.298 e. The average molecular weight is 322 g/mol. The molecule has 4 heteroatoms. The number of halogens is 2. The van der Waals surface area contributed by atoms with Crippen LogP contribution in [0.15, 0.2) is 0 Å². The summed E-state index contributed by atoms with van der Waals surface area (Å²) in [7, 11) is 0. The highest BCUT2D eigenvalue weighted by molar-refractivity contribution is 9.11. The van der Waals surface area contributed by atoms with Crippen LogP contribution in [0.2, 0.25) is 0 Å². The van der Waals surface area contributed by atoms with E-state index in [4.69, 9.17) is 0 Å². The van der Waals surface area contributed by atoms with Crippen molar-refractivity contribution in [2.45, 2.75) is 34.3 Å². The van der Waals surface area contributed by atoms with Crippen LogP contribution in [0, 0.1) is 11.8 Å². The maximum absolute atomic E-state index is 12.0. The van der Waals surface area contributed by atoms with E-state index < -0.39 is 8.65 Å². The highest BCUT2D eigenvalue weighted by Gasteiger charge is 2.65. The molecule has 0 unspecified atom stereocenters. The number of carbonyl (C=O) groups excluding carboxylic acids is 2. The summed E-state index contributed by atoms with van der Waals surface area (Å²) in [6, 6.07) is 0. The first-order chi connectivity index (χ1) is 6.45. The van der Waals surface area contributed by atoms with Crippen molar-refractivity contribution >= 4 is 43.4 Å². The van der Waals surface area contributed by atoms with Crippen LogP contribution in [0.3, 0.4) is 0 Å². The number of hydrogen-bond acceptors (Lipinski definition) is 2. The summed E-state index contributed by atoms with van der Waals surface area (Å²) in [6.45, 7) is 0. The largest absolute Gasteiger partial charge is 0.298 e. The van der Waals surface area contributed by atoms with Crippen molar-refractivity contribution < 1.29 is 9.59 Å². The zero-order chi connectivity index (χ0) is 10.1. The Bertz CT molecular complexity index is 322. The molecule has 14 heavy (non-hydrogen) atoms. The van der Waals surface area contributed by atoms with Crippen molar-refractivity contribution in [3.8, 4) is 0 Å². The van der Waals surface area contributed by atoms with Crippen molar-refractivity contribution in [3.05, 3.63) is 0 Å². The summed E-state index contributed by atoms with van der Waals surface area (Å²) in [4.78, 5) is 23.9. The van der Waals surface area contributed by atoms with E-state index in [1.807, 2.05) is 0 Å². The lowest BCUT2D eigenvalue weighted by molar-refractivity contribution is -0.145. The molecule has 4 fully saturated rings. The molecule has 4 saturated carbocycles. The molecule has 4 aliphatic rings. The number of carbonyl (C=O) groups is 2. The van der Waals surface area contributed by atoms with Crippen molar-refractivity contribution in [2.75, 3.05) is 0 Å². The predicted molar refractivity (Wildman–Crippen MR) is 58.8 cm³/mol. The number of ketones is 2. The normalized spacial score (nSPS) is 55.6. The van der Waals surface area contributed by atoms with Crippen molar-refractivity contribution in [3.63, 3.8) is 0 Å². The third-order valence-electron chi connectivity index (χ3n) is 3.89. The van der Waals surface area contributed by atoms with Gasteiger partial charge in [-0.2, -0.15) is 0 Å². The molecule has 0 saturated heterocycles. The Labute approximate surface area is 99.1 Å². The van der Waals surface area contributed by atoms with E-state index in [0.717, 1.165) is 6.42 Å². The van der Waals surface area contributed by atoms with E-state index in [1.165, 1.54) is 0 Å². The first-order valence-electron chi connectivity index (χ1n) is 4.91. The summed E-state index contributed by atoms with van der Waals surface area (Å²) < 4.78 is -0.785. The molecule has 0 radical (unpaired) electrons. The summed E-state index contributed by atoms with van der Waals surface area (Å²) in [5, 5.41) is 0. The molecule has 76 valence electrons. The van der Waals surface area contributed by atoms with Crippen molar-refractivity contribution in [2.24, 2.45) is 11.8 Å². The van der Waals surface area contributed by atoms with Gasteiger partial charge < -0.3 is 0 Å². The van der Waals surface area contributed by atoms with Crippen LogP contribution in [-0.4, -0.2) is 20.2 Å². The topological polar surface area (TPSA) is 34.1 Å². The zero-order valence-corrected chi connectivity index (χ0v) is 10.7. The molecule has 4 rings (SSSR count). The van der Waals surface area contributed by atoms with Crippen LogP contribution < -0.4 is 0 Å². The molecular weight excluding hydrogens is 312 g/mol. The molecule has 0 amide bonds. The fourth-order valence-electron chi connectivity index (χ4n) is 3.39. The molecule has 0 aliphatic heterocycles. The maximum Gasteiger partial charge on any atom is 0.152 e. The second-order valence-corrected chi connectivity index (χ2v) is 7.91. The van der Waals surface area contributed by atoms with Gasteiger partial charge in [0.25, 0.3) is 0 Å². The third kappa shape index (κ3) is 0.967. The van der Waals surface area contributed by atoms with Gasteiger partial charge in [0.05, 0.1) is 8.65 Å². The Hall–Kier alpha value is 0.300. The fourth-order valence-corrected chi connectivity index (χ4v) is 6.15. The van der Waals surface area contributed by atoms with Crippen molar-refractivity contribution in [1.82, 2.24) is 0 Å². The minimum atomic E-state index is -0.393. The van der Waals surface area contributed by atoms with Crippen LogP contribution in [0.4, 0.5) is 0 Å². The minimum absolute atomic E-state index is 0.110. The standard InChI is InChI=1S/C10H10Br2O2/c11-9-2-5-1-6(8(9)14)3-10(12,4-9)7(5)13/h5-6H,1-4H2/t5-,6-,9-,10-/m1/s1. The predicted octanol–water partition coefficient (Wildman–Crippen LogP) is 2.23. The summed E-state index contributed by atoms with van der Waals surface area (Å²) >= 11 is 7.11. The summed E-state index contributed by atoms with van der Waals surface area (Å²) in [5.74, 6) is 0.880. The number of rotatable bonds is 0. The molecule has 0 aromatic rings. The van der Waals surface area contributed by atoms with Gasteiger partial charge >= 0.3 is 0 Å². The van der Waals surface area contributed by atoms with Crippen LogP contribution in [-0.2, 0) is 9.59 Å². The van der Waals surface area contributed by atoms with E-state index in [-0.39, 0.29) is 11.8 Å². The zero-order valence-electron chi connectivity index (χ0n) is 7.56. The Morgan fingerprint density at radius 3 is 1.79 bits per heavy atom. The van der Waals surface area contributed by atoms with Gasteiger partial charge in [-0.1, -0.05) is 31.9 Å². The second-order valence-electron chi connectivity index (χ2n) is 4.87. The number of Topliss-reactive ketones (excluding diaryl/α,β-unsaturated/α-hetero) is 2. The monoisotopic (exact) mass is 320 g/mol. The lowest BCUT2D eigenvalue weighted by Gasteiger charge is -2.55. The van der Waals surface area contributed by atoms with Gasteiger partial charge in [-0.25, -0.2) is 0 Å². The van der Waals surface area contributed by atoms with Crippen LogP contribution in [0.1, 0.15) is 25.7 Å². The number of hydrogen-bond donors (Lipinski definition) is 0. The first-order valence-corrected chi connectivity index (χ1v) is 6.50. The first kappa shape index (κ1) is 9.52. The van der Waals surface area contributed by atoms with E-state index >= 15 is 0 Å². The van der Waals surface area contributed by atoms with Gasteiger partial charge in [0, 0.05) is 11.8 Å². The molecule has 2 nitrogen and oxygen atoms in total. The van der Waals surface area contributed by atoms with Crippen LogP contribution in [0.5, 0.6) is 0 Å². The van der Waals surface area contributed by atoms with E-state index in [2.05, 4.69) is 31.9 Å². The highest BCUT2D eigenvalue weighted by Crippen LogP contribution is 2.60. The molecule has 0 aromatic heterocycles. The number of alkyl halides is 2. The van der Waals surface area contributed by atoms with Gasteiger partial charge in [-0.05, 0) is 25.7 Å². The van der Waals surface area contributed by atoms with Crippen LogP contribution >= 0.6 is 31.9 Å². The van der Waals surface area contributed by atoms with Crippen molar-refractivity contribution in [1.29, 1.82) is 0 Å². The lowest BCUT2D eigenvalue weighted by Crippen LogP contribution is -2.64. The molecule has 4 atom stereocenters. The Morgan fingerprint density at radius 2 is 1.43 bits per heavy atom. The van der Waals surface area contributed by atoms with Gasteiger partial charge in [0.2, 0.25) is 0 Å². The molecule has 0 N–H and O–H groups in total. The van der Waals surface area contributed by atoms with Gasteiger partial charge in [-0.3, -0.25) is 9.59 Å². The van der Waals surface area contributed by atoms with Gasteiger partial charge in [-0.15, -0.1) is 0 Å². The Morgan fingerprint density at radius 1 is 1.00 bits per heavy atom. The fraction of sp³-hybridized carbons (Fsp3) is 0.800. The van der Waals surface area contributed by atoms with E-state index in [1.54, 1.807) is 0 Å². The second kappa shape index (κ2) is 2.51. The van der Waals surface area contributed by atoms with Crippen LogP contribution in [0.25, 0.3) is 0 Å². The molecular formula is C10H10Br2O2. The lowest BCUT2D eigenvalue weighted by atomic mass is 9.55. The highest BCUT2D eigenvalue weighted by atomic mass is 79.9. The van der Waals surface area contributed by atoms with Gasteiger partial charge in [0.1, 0.15) is 0 Å². The molecule has 0 aromatic carbocycles. The SMILES string of the molecule is O=C1[C@@H]2C[C@@H]3C[C@@]1(Br)C[C@](Br)(C2)C3=O. The van der Waals surface area contributed by atoms with Gasteiger partial charge in [0.15, 0.2) is 11.6 Å². The maximum atomic E-state index is 12.0. The Balaban J connectivity index is 2.11. The molecule has 0 heterocycles. The van der Waals surface area contributed by atoms with E-state index in [9.17, 15) is 9.59 Å². The average Bonchev–Trinajstić information content (AvgIpc) is 2.06. The quantitative estimate of drug-likeness (QED) is 0.641. The summed E-state index contributed by atoms with van der Waals surface area (Å²) in [6.07, 6.45) is 2.87. The third-order valence-corrected chi connectivity index (χ3v) is 5.88. The molecule has 4 bridgehead atoms. The molecule has 4 aliphatic carbocycles.